The van der Waals surface area contributed by atoms with Gasteiger partial charge in [-0.05, 0) is 30.7 Å². The summed E-state index contributed by atoms with van der Waals surface area (Å²) in [6.45, 7) is 7.45. The first-order chi connectivity index (χ1) is 17.0. The smallest absolute Gasteiger partial charge is 0.275 e. The van der Waals surface area contributed by atoms with Gasteiger partial charge >= 0.3 is 0 Å². The molecule has 4 heterocycles. The van der Waals surface area contributed by atoms with Gasteiger partial charge in [0, 0.05) is 36.0 Å². The van der Waals surface area contributed by atoms with Gasteiger partial charge in [-0.3, -0.25) is 14.3 Å². The summed E-state index contributed by atoms with van der Waals surface area (Å²) in [5.74, 6) is 1.26. The lowest BCUT2D eigenvalue weighted by Gasteiger charge is -2.55. The van der Waals surface area contributed by atoms with Gasteiger partial charge in [0.1, 0.15) is 17.6 Å². The number of nitrogens with zero attached hydrogens (tertiary/aromatic N) is 3. The second-order valence-electron chi connectivity index (χ2n) is 9.50. The fraction of sp³-hybridized carbons (Fsp3) is 0.333. The highest BCUT2D eigenvalue weighted by atomic mass is 32.1. The number of hydrogen-bond donors (Lipinski definition) is 0. The third kappa shape index (κ3) is 4.11. The zero-order valence-corrected chi connectivity index (χ0v) is 20.6. The fourth-order valence-electron chi connectivity index (χ4n) is 4.80. The summed E-state index contributed by atoms with van der Waals surface area (Å²) in [6, 6.07) is 15.8. The molecule has 2 aliphatic rings. The molecule has 0 amide bonds. The van der Waals surface area contributed by atoms with Crippen LogP contribution in [0.4, 0.5) is 0 Å². The molecular formula is C27H27N3O4S. The highest BCUT2D eigenvalue weighted by Crippen LogP contribution is 2.37. The Kier molecular flexibility index (Phi) is 5.59. The quantitative estimate of drug-likeness (QED) is 0.389. The first-order valence-electron chi connectivity index (χ1n) is 11.7. The zero-order valence-electron chi connectivity index (χ0n) is 19.8. The van der Waals surface area contributed by atoms with E-state index in [1.54, 1.807) is 18.0 Å². The number of fused-ring (bicyclic) bond motifs is 1. The molecule has 0 N–H and O–H groups in total. The lowest BCUT2D eigenvalue weighted by molar-refractivity contribution is -0.189. The Morgan fingerprint density at radius 2 is 1.89 bits per heavy atom. The molecule has 180 valence electrons. The van der Waals surface area contributed by atoms with Crippen molar-refractivity contribution in [3.8, 4) is 27.6 Å². The number of likely N-dealkylation sites (tertiary alicyclic amines) is 1. The molecule has 0 aliphatic carbocycles. The predicted molar refractivity (Wildman–Crippen MR) is 137 cm³/mol. The van der Waals surface area contributed by atoms with Crippen LogP contribution in [0.2, 0.25) is 0 Å². The van der Waals surface area contributed by atoms with Gasteiger partial charge < -0.3 is 14.2 Å². The Bertz CT molecular complexity index is 1430. The van der Waals surface area contributed by atoms with Crippen LogP contribution in [0.25, 0.3) is 26.3 Å². The third-order valence-electron chi connectivity index (χ3n) is 6.80. The molecule has 2 saturated heterocycles. The molecule has 2 aromatic heterocycles. The van der Waals surface area contributed by atoms with Crippen molar-refractivity contribution in [2.24, 2.45) is 5.41 Å². The SMILES string of the molecule is COc1cc(-n2cnc3cc(-c4ccc(C)cc4)sc3c2=O)ccc1OCCN1CC2(COC2)C1. The molecule has 35 heavy (non-hydrogen) atoms. The number of aromatic nitrogens is 2. The topological polar surface area (TPSA) is 65.8 Å². The Morgan fingerprint density at radius 1 is 1.09 bits per heavy atom. The summed E-state index contributed by atoms with van der Waals surface area (Å²) in [6.07, 6.45) is 1.58. The van der Waals surface area contributed by atoms with Crippen LogP contribution in [0.3, 0.4) is 0 Å². The molecule has 7 nitrogen and oxygen atoms in total. The van der Waals surface area contributed by atoms with Gasteiger partial charge in [-0.25, -0.2) is 4.98 Å². The summed E-state index contributed by atoms with van der Waals surface area (Å²) < 4.78 is 19.1. The Morgan fingerprint density at radius 3 is 2.60 bits per heavy atom. The normalized spacial score (nSPS) is 16.7. The maximum absolute atomic E-state index is 13.3. The standard InChI is InChI=1S/C27H27N3O4S/c1-18-3-5-19(6-4-18)24-12-21-25(35-24)26(31)30(17-28-21)20-7-8-22(23(11-20)32-2)34-10-9-29-13-27(14-29)15-33-16-27/h3-8,11-12,17H,9-10,13-16H2,1-2H3. The number of hydrogen-bond acceptors (Lipinski definition) is 7. The van der Waals surface area contributed by atoms with Crippen molar-refractivity contribution in [1.29, 1.82) is 0 Å². The molecule has 0 unspecified atom stereocenters. The van der Waals surface area contributed by atoms with E-state index in [1.807, 2.05) is 24.3 Å². The Hall–Kier alpha value is -3.20. The van der Waals surface area contributed by atoms with Gasteiger partial charge in [-0.15, -0.1) is 11.3 Å². The molecule has 2 aliphatic heterocycles. The maximum Gasteiger partial charge on any atom is 0.275 e. The van der Waals surface area contributed by atoms with Crippen molar-refractivity contribution >= 4 is 21.6 Å². The van der Waals surface area contributed by atoms with E-state index in [0.717, 1.165) is 43.3 Å². The van der Waals surface area contributed by atoms with E-state index in [9.17, 15) is 4.79 Å². The van der Waals surface area contributed by atoms with Crippen molar-refractivity contribution in [2.75, 3.05) is 46.6 Å². The van der Waals surface area contributed by atoms with Gasteiger partial charge in [0.15, 0.2) is 11.5 Å². The summed E-state index contributed by atoms with van der Waals surface area (Å²) in [5.41, 5.74) is 4.00. The van der Waals surface area contributed by atoms with Crippen molar-refractivity contribution < 1.29 is 14.2 Å². The highest BCUT2D eigenvalue weighted by Gasteiger charge is 2.48. The van der Waals surface area contributed by atoms with E-state index in [2.05, 4.69) is 41.1 Å². The number of aryl methyl sites for hydroxylation is 1. The average molecular weight is 490 g/mol. The van der Waals surface area contributed by atoms with Crippen molar-refractivity contribution in [3.63, 3.8) is 0 Å². The van der Waals surface area contributed by atoms with Gasteiger partial charge in [-0.2, -0.15) is 0 Å². The van der Waals surface area contributed by atoms with Crippen LogP contribution < -0.4 is 15.0 Å². The lowest BCUT2D eigenvalue weighted by Crippen LogP contribution is -2.66. The van der Waals surface area contributed by atoms with Crippen LogP contribution in [0.1, 0.15) is 5.56 Å². The first kappa shape index (κ1) is 22.3. The first-order valence-corrected chi connectivity index (χ1v) is 12.5. The third-order valence-corrected chi connectivity index (χ3v) is 7.96. The highest BCUT2D eigenvalue weighted by molar-refractivity contribution is 7.22. The summed E-state index contributed by atoms with van der Waals surface area (Å²) >= 11 is 1.47. The zero-order chi connectivity index (χ0) is 24.0. The van der Waals surface area contributed by atoms with Gasteiger partial charge in [0.05, 0.1) is 31.5 Å². The molecule has 8 heteroatoms. The molecule has 0 bridgehead atoms. The molecular weight excluding hydrogens is 462 g/mol. The van der Waals surface area contributed by atoms with Crippen LogP contribution >= 0.6 is 11.3 Å². The minimum Gasteiger partial charge on any atom is -0.493 e. The molecule has 6 rings (SSSR count). The van der Waals surface area contributed by atoms with E-state index in [1.165, 1.54) is 16.9 Å². The van der Waals surface area contributed by atoms with Gasteiger partial charge in [-0.1, -0.05) is 29.8 Å². The lowest BCUT2D eigenvalue weighted by atomic mass is 9.78. The molecule has 0 saturated carbocycles. The second-order valence-corrected chi connectivity index (χ2v) is 10.6. The van der Waals surface area contributed by atoms with Crippen molar-refractivity contribution in [3.05, 3.63) is 70.8 Å². The molecule has 1 spiro atoms. The van der Waals surface area contributed by atoms with Gasteiger partial charge in [0.25, 0.3) is 5.56 Å². The van der Waals surface area contributed by atoms with E-state index >= 15 is 0 Å². The number of benzene rings is 2. The number of thiophene rings is 1. The maximum atomic E-state index is 13.3. The van der Waals surface area contributed by atoms with E-state index < -0.39 is 0 Å². The molecule has 4 aromatic rings. The van der Waals surface area contributed by atoms with Crippen LogP contribution in [0, 0.1) is 12.3 Å². The predicted octanol–water partition coefficient (Wildman–Crippen LogP) is 4.14. The van der Waals surface area contributed by atoms with Crippen molar-refractivity contribution in [2.45, 2.75) is 6.92 Å². The number of ether oxygens (including phenoxy) is 3. The summed E-state index contributed by atoms with van der Waals surface area (Å²) in [7, 11) is 1.61. The molecule has 0 atom stereocenters. The minimum absolute atomic E-state index is 0.0965. The van der Waals surface area contributed by atoms with Crippen LogP contribution in [-0.4, -0.2) is 61.0 Å². The Labute approximate surface area is 207 Å². The van der Waals surface area contributed by atoms with E-state index in [0.29, 0.717) is 39.4 Å². The Balaban J connectivity index is 1.20. The van der Waals surface area contributed by atoms with Crippen molar-refractivity contribution in [1.82, 2.24) is 14.5 Å². The van der Waals surface area contributed by atoms with Crippen LogP contribution in [0.5, 0.6) is 11.5 Å². The second kappa shape index (κ2) is 8.78. The van der Waals surface area contributed by atoms with Crippen LogP contribution in [0.15, 0.2) is 59.7 Å². The monoisotopic (exact) mass is 489 g/mol. The summed E-state index contributed by atoms with van der Waals surface area (Å²) in [5, 5.41) is 0. The number of methoxy groups -OCH3 is 1. The molecule has 2 fully saturated rings. The molecule has 2 aromatic carbocycles. The van der Waals surface area contributed by atoms with E-state index in [4.69, 9.17) is 14.2 Å². The molecule has 0 radical (unpaired) electrons. The minimum atomic E-state index is -0.0965. The van der Waals surface area contributed by atoms with Gasteiger partial charge in [0.2, 0.25) is 0 Å². The average Bonchev–Trinajstić information content (AvgIpc) is 3.25. The fourth-order valence-corrected chi connectivity index (χ4v) is 5.85. The largest absolute Gasteiger partial charge is 0.493 e. The van der Waals surface area contributed by atoms with E-state index in [-0.39, 0.29) is 5.56 Å². The summed E-state index contributed by atoms with van der Waals surface area (Å²) in [4.78, 5) is 21.3. The number of rotatable bonds is 7. The van der Waals surface area contributed by atoms with Crippen LogP contribution in [-0.2, 0) is 4.74 Å².